The number of hydrogen-bond acceptors (Lipinski definition) is 0. The van der Waals surface area contributed by atoms with Gasteiger partial charge >= 0.3 is 0 Å². The highest BCUT2D eigenvalue weighted by molar-refractivity contribution is 6.21. The van der Waals surface area contributed by atoms with E-state index in [-0.39, 0.29) is 0 Å². The van der Waals surface area contributed by atoms with Gasteiger partial charge in [0.2, 0.25) is 0 Å². The van der Waals surface area contributed by atoms with Crippen molar-refractivity contribution in [1.82, 2.24) is 0 Å². The lowest BCUT2D eigenvalue weighted by Gasteiger charge is -2.18. The van der Waals surface area contributed by atoms with Crippen molar-refractivity contribution in [2.45, 2.75) is 0 Å². The van der Waals surface area contributed by atoms with Gasteiger partial charge in [-0.25, -0.2) is 0 Å². The molecule has 0 saturated carbocycles. The summed E-state index contributed by atoms with van der Waals surface area (Å²) in [4.78, 5) is 0. The van der Waals surface area contributed by atoms with Crippen LogP contribution in [-0.2, 0) is 0 Å². The molecule has 8 rings (SSSR count). The molecule has 0 aliphatic heterocycles. The van der Waals surface area contributed by atoms with Crippen molar-refractivity contribution >= 4 is 21.5 Å². The Bertz CT molecular complexity index is 2200. The molecule has 0 aliphatic rings. The van der Waals surface area contributed by atoms with Crippen molar-refractivity contribution in [3.8, 4) is 55.6 Å². The second-order valence-electron chi connectivity index (χ2n) is 11.3. The van der Waals surface area contributed by atoms with Crippen molar-refractivity contribution < 1.29 is 0 Å². The fourth-order valence-electron chi connectivity index (χ4n) is 6.60. The van der Waals surface area contributed by atoms with Crippen molar-refractivity contribution in [1.29, 1.82) is 0 Å². The first-order valence-electron chi connectivity index (χ1n) is 15.2. The van der Waals surface area contributed by atoms with Crippen LogP contribution >= 0.6 is 0 Å². The van der Waals surface area contributed by atoms with Crippen molar-refractivity contribution in [2.24, 2.45) is 0 Å². The number of fused-ring (bicyclic) bond motifs is 2. The molecule has 0 heterocycles. The normalized spacial score (nSPS) is 11.2. The largest absolute Gasteiger partial charge is 0.0622 e. The summed E-state index contributed by atoms with van der Waals surface area (Å²) in [5, 5.41) is 5.06. The summed E-state index contributed by atoms with van der Waals surface area (Å²) >= 11 is 0. The van der Waals surface area contributed by atoms with Gasteiger partial charge < -0.3 is 0 Å². The van der Waals surface area contributed by atoms with Gasteiger partial charge in [0.1, 0.15) is 0 Å². The third-order valence-electron chi connectivity index (χ3n) is 8.64. The molecular weight excluding hydrogens is 528 g/mol. The van der Waals surface area contributed by atoms with E-state index in [1.165, 1.54) is 77.2 Å². The molecule has 0 atom stereocenters. The van der Waals surface area contributed by atoms with Gasteiger partial charge in [0, 0.05) is 0 Å². The molecule has 0 radical (unpaired) electrons. The van der Waals surface area contributed by atoms with E-state index in [1.54, 1.807) is 0 Å². The molecule has 0 aliphatic carbocycles. The Morgan fingerprint density at radius 3 is 0.795 bits per heavy atom. The van der Waals surface area contributed by atoms with Crippen LogP contribution in [0.25, 0.3) is 77.2 Å². The highest BCUT2D eigenvalue weighted by Crippen LogP contribution is 2.44. The van der Waals surface area contributed by atoms with Gasteiger partial charge in [-0.15, -0.1) is 0 Å². The molecule has 0 aromatic heterocycles. The summed E-state index contributed by atoms with van der Waals surface area (Å²) in [5.41, 5.74) is 12.4. The topological polar surface area (TPSA) is 0 Å². The second-order valence-corrected chi connectivity index (χ2v) is 11.3. The number of hydrogen-bond donors (Lipinski definition) is 0. The molecule has 0 fully saturated rings. The lowest BCUT2D eigenvalue weighted by molar-refractivity contribution is 1.58. The first kappa shape index (κ1) is 25.9. The smallest absolute Gasteiger partial charge is 0.00262 e. The Hall–Kier alpha value is -5.72. The standard InChI is InChI=1S/C44H30/c1-3-14-31(15-4-1)33-18-11-20-35(28-33)36-21-13-23-38(30-36)44-41-26-9-7-24-39(41)43(40-25-8-10-27-42(40)44)37-22-12-19-34(29-37)32-16-5-2-6-17-32/h1-30H. The highest BCUT2D eigenvalue weighted by atomic mass is 14.2. The van der Waals surface area contributed by atoms with Crippen LogP contribution in [-0.4, -0.2) is 0 Å². The van der Waals surface area contributed by atoms with Crippen LogP contribution in [0, 0.1) is 0 Å². The number of benzene rings is 8. The predicted octanol–water partition coefficient (Wildman–Crippen LogP) is 12.3. The molecule has 206 valence electrons. The van der Waals surface area contributed by atoms with Crippen molar-refractivity contribution in [3.05, 3.63) is 182 Å². The summed E-state index contributed by atoms with van der Waals surface area (Å²) < 4.78 is 0. The zero-order valence-corrected chi connectivity index (χ0v) is 24.3. The first-order valence-corrected chi connectivity index (χ1v) is 15.2. The molecule has 0 saturated heterocycles. The van der Waals surface area contributed by atoms with Crippen molar-refractivity contribution in [3.63, 3.8) is 0 Å². The van der Waals surface area contributed by atoms with Crippen LogP contribution in [0.2, 0.25) is 0 Å². The molecule has 0 heteroatoms. The van der Waals surface area contributed by atoms with E-state index >= 15 is 0 Å². The maximum atomic E-state index is 2.36. The number of rotatable bonds is 5. The van der Waals surface area contributed by atoms with E-state index in [2.05, 4.69) is 182 Å². The van der Waals surface area contributed by atoms with Crippen LogP contribution < -0.4 is 0 Å². The quantitative estimate of drug-likeness (QED) is 0.184. The molecule has 0 unspecified atom stereocenters. The lowest BCUT2D eigenvalue weighted by Crippen LogP contribution is -1.91. The van der Waals surface area contributed by atoms with Crippen LogP contribution in [0.3, 0.4) is 0 Å². The Kier molecular flexibility index (Phi) is 6.59. The van der Waals surface area contributed by atoms with Gasteiger partial charge in [-0.1, -0.05) is 164 Å². The monoisotopic (exact) mass is 558 g/mol. The minimum atomic E-state index is 1.22. The minimum Gasteiger partial charge on any atom is -0.0622 e. The molecule has 44 heavy (non-hydrogen) atoms. The van der Waals surface area contributed by atoms with E-state index in [1.807, 2.05) is 0 Å². The molecule has 8 aromatic carbocycles. The van der Waals surface area contributed by atoms with Gasteiger partial charge in [0.05, 0.1) is 0 Å². The third-order valence-corrected chi connectivity index (χ3v) is 8.64. The first-order chi connectivity index (χ1) is 21.8. The lowest BCUT2D eigenvalue weighted by atomic mass is 9.85. The van der Waals surface area contributed by atoms with E-state index in [9.17, 15) is 0 Å². The molecule has 0 nitrogen and oxygen atoms in total. The summed E-state index contributed by atoms with van der Waals surface area (Å²) in [6, 6.07) is 65.9. The van der Waals surface area contributed by atoms with Gasteiger partial charge in [0.25, 0.3) is 0 Å². The molecular formula is C44H30. The summed E-state index contributed by atoms with van der Waals surface area (Å²) in [6.07, 6.45) is 0. The van der Waals surface area contributed by atoms with E-state index in [4.69, 9.17) is 0 Å². The zero-order chi connectivity index (χ0) is 29.3. The molecule has 8 aromatic rings. The molecule has 0 spiro atoms. The summed E-state index contributed by atoms with van der Waals surface area (Å²) in [6.45, 7) is 0. The van der Waals surface area contributed by atoms with E-state index < -0.39 is 0 Å². The van der Waals surface area contributed by atoms with Crippen LogP contribution in [0.4, 0.5) is 0 Å². The second kappa shape index (κ2) is 11.2. The maximum Gasteiger partial charge on any atom is -0.00262 e. The van der Waals surface area contributed by atoms with Gasteiger partial charge in [-0.05, 0) is 95.4 Å². The average Bonchev–Trinajstić information content (AvgIpc) is 3.11. The van der Waals surface area contributed by atoms with Crippen LogP contribution in [0.1, 0.15) is 0 Å². The third kappa shape index (κ3) is 4.68. The van der Waals surface area contributed by atoms with Gasteiger partial charge in [-0.2, -0.15) is 0 Å². The Balaban J connectivity index is 1.33. The van der Waals surface area contributed by atoms with Crippen LogP contribution in [0.15, 0.2) is 182 Å². The van der Waals surface area contributed by atoms with E-state index in [0.717, 1.165) is 0 Å². The van der Waals surface area contributed by atoms with E-state index in [0.29, 0.717) is 0 Å². The van der Waals surface area contributed by atoms with Gasteiger partial charge in [0.15, 0.2) is 0 Å². The molecule has 0 amide bonds. The van der Waals surface area contributed by atoms with Gasteiger partial charge in [-0.3, -0.25) is 0 Å². The van der Waals surface area contributed by atoms with Crippen molar-refractivity contribution in [2.75, 3.05) is 0 Å². The molecule has 0 N–H and O–H groups in total. The average molecular weight is 559 g/mol. The Morgan fingerprint density at radius 1 is 0.182 bits per heavy atom. The Morgan fingerprint density at radius 2 is 0.432 bits per heavy atom. The molecule has 0 bridgehead atoms. The summed E-state index contributed by atoms with van der Waals surface area (Å²) in [7, 11) is 0. The van der Waals surface area contributed by atoms with Crippen LogP contribution in [0.5, 0.6) is 0 Å². The zero-order valence-electron chi connectivity index (χ0n) is 24.3. The Labute approximate surface area is 258 Å². The minimum absolute atomic E-state index is 1.22. The highest BCUT2D eigenvalue weighted by Gasteiger charge is 2.17. The SMILES string of the molecule is c1ccc(-c2cccc(-c3cccc(-c4c5ccccc5c(-c5cccc(-c6ccccc6)c5)c5ccccc45)c3)c2)cc1. The fraction of sp³-hybridized carbons (Fsp3) is 0. The fourth-order valence-corrected chi connectivity index (χ4v) is 6.60. The maximum absolute atomic E-state index is 2.36. The predicted molar refractivity (Wildman–Crippen MR) is 189 cm³/mol. The summed E-state index contributed by atoms with van der Waals surface area (Å²) in [5.74, 6) is 0.